The summed E-state index contributed by atoms with van der Waals surface area (Å²) in [5, 5.41) is 8.46. The van der Waals surface area contributed by atoms with Gasteiger partial charge in [-0.25, -0.2) is 0 Å². The molecule has 0 aliphatic carbocycles. The molecule has 0 heterocycles. The van der Waals surface area contributed by atoms with Gasteiger partial charge in [-0.1, -0.05) is 39.0 Å². The molecule has 0 amide bonds. The van der Waals surface area contributed by atoms with Crippen LogP contribution in [-0.2, 0) is 14.3 Å². The minimum atomic E-state index is -0.708. The molecule has 4 heteroatoms. The van der Waals surface area contributed by atoms with Crippen LogP contribution in [0, 0.1) is 0 Å². The fourth-order valence-corrected chi connectivity index (χ4v) is 1.72. The molecule has 0 saturated heterocycles. The van der Waals surface area contributed by atoms with E-state index in [1.54, 1.807) is 0 Å². The zero-order valence-electron chi connectivity index (χ0n) is 11.5. The summed E-state index contributed by atoms with van der Waals surface area (Å²) in [5.74, 6) is -0.793. The molecule has 0 saturated carbocycles. The van der Waals surface area contributed by atoms with Gasteiger partial charge < -0.3 is 9.84 Å². The van der Waals surface area contributed by atoms with Crippen LogP contribution in [-0.4, -0.2) is 23.7 Å². The largest absolute Gasteiger partial charge is 0.481 e. The van der Waals surface area contributed by atoms with Gasteiger partial charge in [0.2, 0.25) is 0 Å². The van der Waals surface area contributed by atoms with Crippen LogP contribution in [0.3, 0.4) is 0 Å². The lowest BCUT2D eigenvalue weighted by atomic mass is 10.1. The lowest BCUT2D eigenvalue weighted by Crippen LogP contribution is -2.04. The van der Waals surface area contributed by atoms with E-state index in [0.29, 0.717) is 13.0 Å². The summed E-state index contributed by atoms with van der Waals surface area (Å²) in [6.45, 7) is 2.51. The van der Waals surface area contributed by atoms with Crippen LogP contribution in [0.4, 0.5) is 0 Å². The number of carboxylic acid groups (broad SMARTS) is 1. The molecule has 0 rings (SSSR count). The monoisotopic (exact) mass is 258 g/mol. The molecule has 0 aromatic heterocycles. The summed E-state index contributed by atoms with van der Waals surface area (Å²) in [7, 11) is 0. The lowest BCUT2D eigenvalue weighted by Gasteiger charge is -2.03. The van der Waals surface area contributed by atoms with E-state index in [2.05, 4.69) is 0 Å². The second-order valence-electron chi connectivity index (χ2n) is 4.59. The smallest absolute Gasteiger partial charge is 0.305 e. The Labute approximate surface area is 110 Å². The fourth-order valence-electron chi connectivity index (χ4n) is 1.72. The number of unbranched alkanes of at least 4 members (excludes halogenated alkanes) is 6. The van der Waals surface area contributed by atoms with Gasteiger partial charge in [0, 0.05) is 12.8 Å². The van der Waals surface area contributed by atoms with Gasteiger partial charge in [-0.3, -0.25) is 9.59 Å². The maximum absolute atomic E-state index is 11.2. The minimum absolute atomic E-state index is 0.0849. The Morgan fingerprint density at radius 3 is 1.89 bits per heavy atom. The van der Waals surface area contributed by atoms with Crippen LogP contribution < -0.4 is 0 Å². The van der Waals surface area contributed by atoms with Crippen molar-refractivity contribution in [2.24, 2.45) is 0 Å². The van der Waals surface area contributed by atoms with Crippen molar-refractivity contribution in [3.63, 3.8) is 0 Å². The van der Waals surface area contributed by atoms with Gasteiger partial charge >= 0.3 is 11.9 Å². The molecule has 0 bridgehead atoms. The molecule has 0 aliphatic rings. The zero-order chi connectivity index (χ0) is 13.6. The van der Waals surface area contributed by atoms with Gasteiger partial charge in [-0.05, 0) is 19.3 Å². The third-order valence-electron chi connectivity index (χ3n) is 2.74. The normalized spacial score (nSPS) is 10.3. The number of aliphatic carboxylic acids is 1. The molecular formula is C14H26O4. The first-order valence-electron chi connectivity index (χ1n) is 7.04. The number of hydrogen-bond acceptors (Lipinski definition) is 3. The van der Waals surface area contributed by atoms with Gasteiger partial charge in [-0.2, -0.15) is 0 Å². The summed E-state index contributed by atoms with van der Waals surface area (Å²) >= 11 is 0. The third-order valence-corrected chi connectivity index (χ3v) is 2.74. The lowest BCUT2D eigenvalue weighted by molar-refractivity contribution is -0.143. The second-order valence-corrected chi connectivity index (χ2v) is 4.59. The Balaban J connectivity index is 3.11. The maximum Gasteiger partial charge on any atom is 0.305 e. The summed E-state index contributed by atoms with van der Waals surface area (Å²) in [6, 6.07) is 0. The molecule has 18 heavy (non-hydrogen) atoms. The molecule has 0 radical (unpaired) electrons. The highest BCUT2D eigenvalue weighted by molar-refractivity contribution is 5.69. The summed E-state index contributed by atoms with van der Waals surface area (Å²) < 4.78 is 4.98. The van der Waals surface area contributed by atoms with Crippen LogP contribution in [0.25, 0.3) is 0 Å². The van der Waals surface area contributed by atoms with E-state index in [-0.39, 0.29) is 12.4 Å². The quantitative estimate of drug-likeness (QED) is 0.429. The van der Waals surface area contributed by atoms with Crippen molar-refractivity contribution in [3.8, 4) is 0 Å². The van der Waals surface area contributed by atoms with Gasteiger partial charge in [-0.15, -0.1) is 0 Å². The van der Waals surface area contributed by atoms with Gasteiger partial charge in [0.05, 0.1) is 6.61 Å². The van der Waals surface area contributed by atoms with Crippen molar-refractivity contribution in [1.29, 1.82) is 0 Å². The van der Waals surface area contributed by atoms with Crippen LogP contribution in [0.15, 0.2) is 0 Å². The van der Waals surface area contributed by atoms with E-state index in [0.717, 1.165) is 51.4 Å². The summed E-state index contributed by atoms with van der Waals surface area (Å²) in [5.41, 5.74) is 0. The first-order chi connectivity index (χ1) is 8.66. The van der Waals surface area contributed by atoms with Gasteiger partial charge in [0.25, 0.3) is 0 Å². The average molecular weight is 258 g/mol. The van der Waals surface area contributed by atoms with E-state index >= 15 is 0 Å². The molecule has 0 fully saturated rings. The number of ether oxygens (including phenoxy) is 1. The van der Waals surface area contributed by atoms with Crippen LogP contribution in [0.2, 0.25) is 0 Å². The standard InChI is InChI=1S/C14H26O4/c1-2-12-18-14(17)11-9-7-5-3-4-6-8-10-13(15)16/h2-12H2,1H3,(H,15,16). The molecule has 0 atom stereocenters. The summed E-state index contributed by atoms with van der Waals surface area (Å²) in [4.78, 5) is 21.4. The van der Waals surface area contributed by atoms with Crippen molar-refractivity contribution in [3.05, 3.63) is 0 Å². The summed E-state index contributed by atoms with van der Waals surface area (Å²) in [6.07, 6.45) is 8.75. The highest BCUT2D eigenvalue weighted by Crippen LogP contribution is 2.10. The molecule has 0 aromatic carbocycles. The van der Waals surface area contributed by atoms with Gasteiger partial charge in [0.15, 0.2) is 0 Å². The Bertz CT molecular complexity index is 226. The average Bonchev–Trinajstić information content (AvgIpc) is 2.34. The number of rotatable bonds is 12. The maximum atomic E-state index is 11.2. The first-order valence-corrected chi connectivity index (χ1v) is 7.04. The van der Waals surface area contributed by atoms with Crippen molar-refractivity contribution in [1.82, 2.24) is 0 Å². The molecule has 0 unspecified atom stereocenters. The van der Waals surface area contributed by atoms with Crippen LogP contribution >= 0.6 is 0 Å². The highest BCUT2D eigenvalue weighted by Gasteiger charge is 2.01. The van der Waals surface area contributed by atoms with E-state index < -0.39 is 5.97 Å². The van der Waals surface area contributed by atoms with Crippen molar-refractivity contribution in [2.45, 2.75) is 71.1 Å². The third kappa shape index (κ3) is 13.0. The topological polar surface area (TPSA) is 63.6 Å². The zero-order valence-corrected chi connectivity index (χ0v) is 11.5. The van der Waals surface area contributed by atoms with Crippen LogP contribution in [0.1, 0.15) is 71.1 Å². The van der Waals surface area contributed by atoms with Crippen molar-refractivity contribution >= 4 is 11.9 Å². The second kappa shape index (κ2) is 12.4. The van der Waals surface area contributed by atoms with E-state index in [4.69, 9.17) is 9.84 Å². The molecule has 106 valence electrons. The van der Waals surface area contributed by atoms with Crippen molar-refractivity contribution in [2.75, 3.05) is 6.61 Å². The Morgan fingerprint density at radius 1 is 0.889 bits per heavy atom. The number of hydrogen-bond donors (Lipinski definition) is 1. The number of carbonyl (C=O) groups is 2. The molecule has 0 aliphatic heterocycles. The Morgan fingerprint density at radius 2 is 1.39 bits per heavy atom. The minimum Gasteiger partial charge on any atom is -0.481 e. The van der Waals surface area contributed by atoms with E-state index in [1.165, 1.54) is 0 Å². The predicted octanol–water partition coefficient (Wildman–Crippen LogP) is 3.54. The predicted molar refractivity (Wildman–Crippen MR) is 70.4 cm³/mol. The highest BCUT2D eigenvalue weighted by atomic mass is 16.5. The van der Waals surface area contributed by atoms with Crippen LogP contribution in [0.5, 0.6) is 0 Å². The number of esters is 1. The molecule has 4 nitrogen and oxygen atoms in total. The molecule has 0 aromatic rings. The number of carboxylic acids is 1. The van der Waals surface area contributed by atoms with E-state index in [9.17, 15) is 9.59 Å². The molecule has 0 spiro atoms. The first kappa shape index (κ1) is 16.9. The van der Waals surface area contributed by atoms with Crippen molar-refractivity contribution < 1.29 is 19.4 Å². The van der Waals surface area contributed by atoms with Gasteiger partial charge in [0.1, 0.15) is 0 Å². The molecular weight excluding hydrogens is 232 g/mol. The molecule has 1 N–H and O–H groups in total. The SMILES string of the molecule is CCCOC(=O)CCCCCCCCCC(=O)O. The Kier molecular flexibility index (Phi) is 11.7. The number of carbonyl (C=O) groups excluding carboxylic acids is 1. The fraction of sp³-hybridized carbons (Fsp3) is 0.857. The Hall–Kier alpha value is -1.06. The van der Waals surface area contributed by atoms with E-state index in [1.807, 2.05) is 6.92 Å².